The average molecular weight is 773 g/mol. The highest BCUT2D eigenvalue weighted by molar-refractivity contribution is 6.30. The first kappa shape index (κ1) is 33.9. The minimum atomic E-state index is 0.934. The number of fused-ring (bicyclic) bond motifs is 7. The van der Waals surface area contributed by atoms with Gasteiger partial charge >= 0.3 is 0 Å². The molecule has 0 atom stereocenters. The molecular weight excluding hydrogens is 737 g/mol. The number of aromatic nitrogens is 2. The van der Waals surface area contributed by atoms with Crippen LogP contribution in [-0.2, 0) is 0 Å². The predicted molar refractivity (Wildman–Crippen MR) is 257 cm³/mol. The molecule has 11 aromatic carbocycles. The summed E-state index contributed by atoms with van der Waals surface area (Å²) in [5.74, 6) is 0.934. The van der Waals surface area contributed by atoms with Gasteiger partial charge in [-0.05, 0) is 123 Å². The smallest absolute Gasteiger partial charge is 0.145 e. The van der Waals surface area contributed by atoms with Gasteiger partial charge in [-0.2, -0.15) is 0 Å². The van der Waals surface area contributed by atoms with E-state index in [0.29, 0.717) is 0 Å². The molecule has 0 N–H and O–H groups in total. The van der Waals surface area contributed by atoms with E-state index in [4.69, 9.17) is 4.98 Å². The van der Waals surface area contributed by atoms with Gasteiger partial charge in [0.25, 0.3) is 0 Å². The SMILES string of the molecule is c1ccc(-n2c(-c3ccc(-c4ccc5c6c(cccc46)-c4c-5c(-c5cccc6ccccc56)c5ccccc5c4-c4cccc5ccccc45)cc3)nc3ccccc32)cc1. The van der Waals surface area contributed by atoms with Gasteiger partial charge in [0.1, 0.15) is 5.82 Å². The summed E-state index contributed by atoms with van der Waals surface area (Å²) in [7, 11) is 0. The molecule has 0 unspecified atom stereocenters. The summed E-state index contributed by atoms with van der Waals surface area (Å²) in [6.07, 6.45) is 0. The molecule has 1 aliphatic carbocycles. The molecule has 0 saturated heterocycles. The number of rotatable bonds is 5. The average Bonchev–Trinajstić information content (AvgIpc) is 3.88. The zero-order valence-electron chi connectivity index (χ0n) is 33.2. The van der Waals surface area contributed by atoms with E-state index in [1.807, 2.05) is 0 Å². The minimum absolute atomic E-state index is 0.934. The van der Waals surface area contributed by atoms with Crippen molar-refractivity contribution in [2.75, 3.05) is 0 Å². The van der Waals surface area contributed by atoms with Crippen molar-refractivity contribution in [3.05, 3.63) is 218 Å². The summed E-state index contributed by atoms with van der Waals surface area (Å²) in [6, 6.07) is 79.9. The molecule has 2 nitrogen and oxygen atoms in total. The molecule has 1 heterocycles. The molecule has 0 amide bonds. The van der Waals surface area contributed by atoms with E-state index in [1.165, 1.54) is 98.7 Å². The Morgan fingerprint density at radius 3 is 1.44 bits per heavy atom. The normalized spacial score (nSPS) is 11.9. The Labute approximate surface area is 353 Å². The van der Waals surface area contributed by atoms with Gasteiger partial charge in [0.2, 0.25) is 0 Å². The first-order chi connectivity index (χ1) is 30.3. The molecule has 0 saturated carbocycles. The molecule has 12 aromatic rings. The van der Waals surface area contributed by atoms with Crippen LogP contribution in [0.25, 0.3) is 127 Å². The van der Waals surface area contributed by atoms with E-state index in [-0.39, 0.29) is 0 Å². The first-order valence-corrected chi connectivity index (χ1v) is 21.1. The van der Waals surface area contributed by atoms with Crippen molar-refractivity contribution in [3.63, 3.8) is 0 Å². The Morgan fingerprint density at radius 1 is 0.295 bits per heavy atom. The maximum atomic E-state index is 5.16. The molecule has 0 spiro atoms. The molecule has 0 radical (unpaired) electrons. The molecule has 1 aliphatic rings. The highest BCUT2D eigenvalue weighted by atomic mass is 15.1. The summed E-state index contributed by atoms with van der Waals surface area (Å²) in [5.41, 5.74) is 17.0. The number of para-hydroxylation sites is 3. The van der Waals surface area contributed by atoms with E-state index < -0.39 is 0 Å². The second-order valence-electron chi connectivity index (χ2n) is 16.2. The lowest BCUT2D eigenvalue weighted by molar-refractivity contribution is 1.10. The third-order valence-corrected chi connectivity index (χ3v) is 12.9. The van der Waals surface area contributed by atoms with Gasteiger partial charge in [0.05, 0.1) is 11.0 Å². The van der Waals surface area contributed by atoms with Crippen molar-refractivity contribution < 1.29 is 0 Å². The summed E-state index contributed by atoms with van der Waals surface area (Å²) in [4.78, 5) is 5.16. The van der Waals surface area contributed by atoms with Crippen LogP contribution in [-0.4, -0.2) is 9.55 Å². The lowest BCUT2D eigenvalue weighted by Crippen LogP contribution is -1.97. The van der Waals surface area contributed by atoms with E-state index in [1.54, 1.807) is 0 Å². The first-order valence-electron chi connectivity index (χ1n) is 21.1. The lowest BCUT2D eigenvalue weighted by atomic mass is 9.81. The number of nitrogens with zero attached hydrogens (tertiary/aromatic N) is 2. The van der Waals surface area contributed by atoms with Gasteiger partial charge in [0, 0.05) is 11.3 Å². The van der Waals surface area contributed by atoms with Gasteiger partial charge in [-0.15, -0.1) is 0 Å². The second kappa shape index (κ2) is 13.2. The van der Waals surface area contributed by atoms with Crippen LogP contribution < -0.4 is 0 Å². The monoisotopic (exact) mass is 772 g/mol. The topological polar surface area (TPSA) is 17.8 Å². The zero-order chi connectivity index (χ0) is 40.0. The molecule has 0 fully saturated rings. The Kier molecular flexibility index (Phi) is 7.34. The second-order valence-corrected chi connectivity index (χ2v) is 16.2. The molecule has 0 bridgehead atoms. The molecule has 13 rings (SSSR count). The Morgan fingerprint density at radius 2 is 0.770 bits per heavy atom. The van der Waals surface area contributed by atoms with Crippen molar-refractivity contribution in [2.24, 2.45) is 0 Å². The van der Waals surface area contributed by atoms with Gasteiger partial charge in [-0.25, -0.2) is 4.98 Å². The van der Waals surface area contributed by atoms with Gasteiger partial charge in [0.15, 0.2) is 0 Å². The quantitative estimate of drug-likeness (QED) is 0.170. The fourth-order valence-electron chi connectivity index (χ4n) is 10.4. The molecule has 2 heteroatoms. The lowest BCUT2D eigenvalue weighted by Gasteiger charge is -2.22. The van der Waals surface area contributed by atoms with Gasteiger partial charge in [-0.3, -0.25) is 4.57 Å². The van der Waals surface area contributed by atoms with Crippen LogP contribution in [0.1, 0.15) is 0 Å². The fourth-order valence-corrected chi connectivity index (χ4v) is 10.4. The van der Waals surface area contributed by atoms with Crippen LogP contribution >= 0.6 is 0 Å². The Hall–Kier alpha value is -8.07. The van der Waals surface area contributed by atoms with Crippen LogP contribution in [0.5, 0.6) is 0 Å². The summed E-state index contributed by atoms with van der Waals surface area (Å²) < 4.78 is 2.27. The van der Waals surface area contributed by atoms with E-state index >= 15 is 0 Å². The fraction of sp³-hybridized carbons (Fsp3) is 0. The third-order valence-electron chi connectivity index (χ3n) is 12.9. The number of benzene rings is 11. The molecule has 0 aliphatic heterocycles. The van der Waals surface area contributed by atoms with Crippen LogP contribution in [0.2, 0.25) is 0 Å². The van der Waals surface area contributed by atoms with Crippen molar-refractivity contribution in [3.8, 4) is 72.7 Å². The maximum absolute atomic E-state index is 5.16. The minimum Gasteiger partial charge on any atom is -0.292 e. The maximum Gasteiger partial charge on any atom is 0.145 e. The highest BCUT2D eigenvalue weighted by Gasteiger charge is 2.32. The zero-order valence-corrected chi connectivity index (χ0v) is 33.2. The Bertz CT molecular complexity index is 3600. The summed E-state index contributed by atoms with van der Waals surface area (Å²) >= 11 is 0. The van der Waals surface area contributed by atoms with Crippen molar-refractivity contribution in [1.82, 2.24) is 9.55 Å². The van der Waals surface area contributed by atoms with Crippen LogP contribution in [0, 0.1) is 0 Å². The number of hydrogen-bond acceptors (Lipinski definition) is 1. The molecule has 61 heavy (non-hydrogen) atoms. The summed E-state index contributed by atoms with van der Waals surface area (Å²) in [6.45, 7) is 0. The van der Waals surface area contributed by atoms with Gasteiger partial charge in [-0.1, -0.05) is 194 Å². The molecular formula is C59H36N2. The third kappa shape index (κ3) is 5.00. The van der Waals surface area contributed by atoms with Crippen molar-refractivity contribution in [1.29, 1.82) is 0 Å². The van der Waals surface area contributed by atoms with E-state index in [0.717, 1.165) is 28.1 Å². The van der Waals surface area contributed by atoms with Crippen LogP contribution in [0.15, 0.2) is 218 Å². The van der Waals surface area contributed by atoms with E-state index in [9.17, 15) is 0 Å². The standard InChI is InChI=1S/C59H36N2/c1-2-19-41(20-3-1)61-53-30-11-10-29-52(53)60-59(61)40-33-31-39(32-34-40)44-35-36-51-54-45(44)27-14-28-50(54)57-55(46-25-12-17-37-15-4-6-21-42(37)46)48-23-8-9-24-49(48)56(58(51)57)47-26-13-18-38-16-5-7-22-43(38)47/h1-36H. The van der Waals surface area contributed by atoms with Crippen molar-refractivity contribution in [2.45, 2.75) is 0 Å². The predicted octanol–water partition coefficient (Wildman–Crippen LogP) is 16.0. The van der Waals surface area contributed by atoms with Gasteiger partial charge < -0.3 is 0 Å². The summed E-state index contributed by atoms with van der Waals surface area (Å²) in [5, 5.41) is 10.1. The van der Waals surface area contributed by atoms with E-state index in [2.05, 4.69) is 223 Å². The largest absolute Gasteiger partial charge is 0.292 e. The van der Waals surface area contributed by atoms with Crippen LogP contribution in [0.3, 0.4) is 0 Å². The van der Waals surface area contributed by atoms with Crippen molar-refractivity contribution >= 4 is 54.1 Å². The molecule has 1 aromatic heterocycles. The Balaban J connectivity index is 1.07. The highest BCUT2D eigenvalue weighted by Crippen LogP contribution is 2.59. The number of imidazole rings is 1. The van der Waals surface area contributed by atoms with Crippen LogP contribution in [0.4, 0.5) is 0 Å². The number of hydrogen-bond donors (Lipinski definition) is 0. The molecule has 282 valence electrons.